The lowest BCUT2D eigenvalue weighted by Crippen LogP contribution is -2.35. The summed E-state index contributed by atoms with van der Waals surface area (Å²) in [6.07, 6.45) is 2.22. The highest BCUT2D eigenvalue weighted by Crippen LogP contribution is 2.28. The smallest absolute Gasteiger partial charge is 0.237 e. The van der Waals surface area contributed by atoms with Gasteiger partial charge in [-0.3, -0.25) is 14.7 Å². The van der Waals surface area contributed by atoms with Crippen LogP contribution in [0.5, 0.6) is 0 Å². The zero-order chi connectivity index (χ0) is 18.1. The molecule has 0 fully saturated rings. The number of anilines is 1. The van der Waals surface area contributed by atoms with Crippen molar-refractivity contribution in [3.8, 4) is 0 Å². The largest absolute Gasteiger partial charge is 0.361 e. The molecule has 0 radical (unpaired) electrons. The molecule has 0 saturated carbocycles. The van der Waals surface area contributed by atoms with E-state index in [9.17, 15) is 4.79 Å². The first-order valence-electron chi connectivity index (χ1n) is 8.46. The third kappa shape index (κ3) is 3.37. The Labute approximate surface area is 161 Å². The number of para-hydroxylation sites is 1. The number of carbonyl (C=O) groups excluding carboxylic acids is 1. The van der Waals surface area contributed by atoms with Gasteiger partial charge < -0.3 is 4.98 Å². The fraction of sp³-hybridized carbons (Fsp3) is 0.200. The number of amides is 1. The molecule has 26 heavy (non-hydrogen) atoms. The van der Waals surface area contributed by atoms with Crippen molar-refractivity contribution >= 4 is 51.0 Å². The lowest BCUT2D eigenvalue weighted by atomic mass is 10.1. The molecule has 1 aromatic heterocycles. The van der Waals surface area contributed by atoms with Gasteiger partial charge in [-0.25, -0.2) is 0 Å². The number of aromatic amines is 1. The van der Waals surface area contributed by atoms with E-state index in [4.69, 9.17) is 11.6 Å². The summed E-state index contributed by atoms with van der Waals surface area (Å²) in [5.41, 5.74) is 2.82. The molecule has 2 heterocycles. The fourth-order valence-electron chi connectivity index (χ4n) is 3.05. The number of amidine groups is 1. The number of rotatable bonds is 3. The summed E-state index contributed by atoms with van der Waals surface area (Å²) in [7, 11) is 0. The molecular weight excluding hydrogens is 366 g/mol. The first-order chi connectivity index (χ1) is 12.6. The zero-order valence-electron chi connectivity index (χ0n) is 14.3. The Balaban J connectivity index is 1.68. The molecule has 1 aliphatic rings. The summed E-state index contributed by atoms with van der Waals surface area (Å²) in [5, 5.41) is 2.48. The quantitative estimate of drug-likeness (QED) is 0.700. The van der Waals surface area contributed by atoms with Crippen molar-refractivity contribution in [3.05, 3.63) is 65.3 Å². The van der Waals surface area contributed by atoms with Crippen molar-refractivity contribution in [2.24, 2.45) is 4.99 Å². The van der Waals surface area contributed by atoms with Crippen LogP contribution in [0, 0.1) is 0 Å². The third-order valence-electron chi connectivity index (χ3n) is 4.33. The lowest BCUT2D eigenvalue weighted by Gasteiger charge is -2.22. The van der Waals surface area contributed by atoms with E-state index in [0.717, 1.165) is 33.1 Å². The predicted molar refractivity (Wildman–Crippen MR) is 110 cm³/mol. The number of aliphatic imine (C=N–C) groups is 1. The number of halogens is 1. The summed E-state index contributed by atoms with van der Waals surface area (Å²) in [4.78, 5) is 22.8. The van der Waals surface area contributed by atoms with Gasteiger partial charge in [-0.15, -0.1) is 0 Å². The van der Waals surface area contributed by atoms with Crippen molar-refractivity contribution in [2.45, 2.75) is 19.4 Å². The van der Waals surface area contributed by atoms with Gasteiger partial charge in [-0.1, -0.05) is 41.6 Å². The summed E-state index contributed by atoms with van der Waals surface area (Å²) < 4.78 is 0. The number of aromatic nitrogens is 1. The van der Waals surface area contributed by atoms with Gasteiger partial charge in [0.2, 0.25) is 5.91 Å². The standard InChI is InChI=1S/C20H18ClN3OS/c1-13-12-26-20(23-13)24(16-8-6-15(21)7-9-16)19(25)10-14-11-22-18-5-3-2-4-17(14)18/h2-9,11,13,22H,10,12H2,1H3/t13-/m1/s1. The summed E-state index contributed by atoms with van der Waals surface area (Å²) in [6, 6.07) is 15.5. The number of thioether (sulfide) groups is 1. The van der Waals surface area contributed by atoms with Gasteiger partial charge in [0.25, 0.3) is 0 Å². The Bertz CT molecular complexity index is 980. The number of benzene rings is 2. The number of H-pyrrole nitrogens is 1. The van der Waals surface area contributed by atoms with E-state index in [1.807, 2.05) is 42.6 Å². The molecule has 6 heteroatoms. The molecule has 0 bridgehead atoms. The summed E-state index contributed by atoms with van der Waals surface area (Å²) in [5.74, 6) is 0.886. The fourth-order valence-corrected chi connectivity index (χ4v) is 4.23. The van der Waals surface area contributed by atoms with Crippen LogP contribution in [0.4, 0.5) is 5.69 Å². The van der Waals surface area contributed by atoms with Crippen LogP contribution in [0.25, 0.3) is 10.9 Å². The molecule has 2 aromatic carbocycles. The van der Waals surface area contributed by atoms with Crippen LogP contribution in [-0.2, 0) is 11.2 Å². The number of carbonyl (C=O) groups is 1. The molecule has 3 aromatic rings. The van der Waals surface area contributed by atoms with E-state index in [1.165, 1.54) is 0 Å². The summed E-state index contributed by atoms with van der Waals surface area (Å²) in [6.45, 7) is 2.06. The number of fused-ring (bicyclic) bond motifs is 1. The average molecular weight is 384 g/mol. The number of hydrogen-bond donors (Lipinski definition) is 1. The van der Waals surface area contributed by atoms with Crippen molar-refractivity contribution in [1.82, 2.24) is 4.98 Å². The van der Waals surface area contributed by atoms with Crippen molar-refractivity contribution in [1.29, 1.82) is 0 Å². The molecule has 4 rings (SSSR count). The summed E-state index contributed by atoms with van der Waals surface area (Å²) >= 11 is 7.63. The molecule has 1 N–H and O–H groups in total. The SMILES string of the molecule is C[C@@H]1CSC(N(C(=O)Cc2c[nH]c3ccccc23)c2ccc(Cl)cc2)=N1. The van der Waals surface area contributed by atoms with Gasteiger partial charge in [-0.2, -0.15) is 0 Å². The van der Waals surface area contributed by atoms with Gasteiger partial charge in [-0.05, 0) is 42.8 Å². The maximum Gasteiger partial charge on any atom is 0.237 e. The van der Waals surface area contributed by atoms with Gasteiger partial charge in [0.1, 0.15) is 0 Å². The topological polar surface area (TPSA) is 48.5 Å². The van der Waals surface area contributed by atoms with Crippen LogP contribution in [0.2, 0.25) is 5.02 Å². The van der Waals surface area contributed by atoms with Crippen molar-refractivity contribution in [3.63, 3.8) is 0 Å². The second kappa shape index (κ2) is 7.17. The molecule has 1 aliphatic heterocycles. The van der Waals surface area contributed by atoms with E-state index >= 15 is 0 Å². The van der Waals surface area contributed by atoms with Crippen molar-refractivity contribution < 1.29 is 4.79 Å². The lowest BCUT2D eigenvalue weighted by molar-refractivity contribution is -0.117. The second-order valence-corrected chi connectivity index (χ2v) is 7.74. The van der Waals surface area contributed by atoms with Crippen LogP contribution < -0.4 is 4.90 Å². The van der Waals surface area contributed by atoms with E-state index in [0.29, 0.717) is 11.4 Å². The zero-order valence-corrected chi connectivity index (χ0v) is 15.8. The monoisotopic (exact) mass is 383 g/mol. The van der Waals surface area contributed by atoms with E-state index in [2.05, 4.69) is 16.9 Å². The minimum absolute atomic E-state index is 0.00238. The molecule has 1 amide bonds. The Morgan fingerprint density at radius 1 is 1.27 bits per heavy atom. The highest BCUT2D eigenvalue weighted by atomic mass is 35.5. The molecular formula is C20H18ClN3OS. The highest BCUT2D eigenvalue weighted by molar-refractivity contribution is 8.14. The van der Waals surface area contributed by atoms with Gasteiger partial charge in [0.15, 0.2) is 5.17 Å². The van der Waals surface area contributed by atoms with Crippen LogP contribution in [-0.4, -0.2) is 27.9 Å². The molecule has 1 atom stereocenters. The molecule has 0 spiro atoms. The van der Waals surface area contributed by atoms with Gasteiger partial charge in [0.05, 0.1) is 18.2 Å². The first kappa shape index (κ1) is 17.2. The molecule has 0 aliphatic carbocycles. The van der Waals surface area contributed by atoms with Crippen LogP contribution in [0.1, 0.15) is 12.5 Å². The predicted octanol–water partition coefficient (Wildman–Crippen LogP) is 4.89. The third-order valence-corrected chi connectivity index (χ3v) is 5.77. The Morgan fingerprint density at radius 3 is 2.77 bits per heavy atom. The Kier molecular flexibility index (Phi) is 4.74. The number of nitrogens with one attached hydrogen (secondary N) is 1. The maximum atomic E-state index is 13.2. The van der Waals surface area contributed by atoms with Gasteiger partial charge >= 0.3 is 0 Å². The molecule has 0 unspecified atom stereocenters. The average Bonchev–Trinajstić information content (AvgIpc) is 3.24. The molecule has 0 saturated heterocycles. The molecule has 4 nitrogen and oxygen atoms in total. The van der Waals surface area contributed by atoms with Crippen LogP contribution in [0.15, 0.2) is 59.7 Å². The van der Waals surface area contributed by atoms with Crippen LogP contribution in [0.3, 0.4) is 0 Å². The second-order valence-electron chi connectivity index (χ2n) is 6.31. The Hall–Kier alpha value is -2.24. The normalized spacial score (nSPS) is 16.7. The number of nitrogens with zero attached hydrogens (tertiary/aromatic N) is 2. The van der Waals surface area contributed by atoms with E-state index < -0.39 is 0 Å². The maximum absolute atomic E-state index is 13.2. The van der Waals surface area contributed by atoms with E-state index in [-0.39, 0.29) is 11.9 Å². The van der Waals surface area contributed by atoms with E-state index in [1.54, 1.807) is 28.8 Å². The van der Waals surface area contributed by atoms with Gasteiger partial charge in [0, 0.05) is 27.9 Å². The first-order valence-corrected chi connectivity index (χ1v) is 9.82. The minimum atomic E-state index is -0.00238. The molecule has 132 valence electrons. The minimum Gasteiger partial charge on any atom is -0.361 e. The highest BCUT2D eigenvalue weighted by Gasteiger charge is 2.27. The number of hydrogen-bond acceptors (Lipinski definition) is 3. The Morgan fingerprint density at radius 2 is 2.04 bits per heavy atom. The van der Waals surface area contributed by atoms with Crippen molar-refractivity contribution in [2.75, 3.05) is 10.7 Å². The van der Waals surface area contributed by atoms with Crippen LogP contribution >= 0.6 is 23.4 Å².